The third kappa shape index (κ3) is 4.75. The molecule has 6 aromatic rings. The summed E-state index contributed by atoms with van der Waals surface area (Å²) in [4.78, 5) is 18.8. The van der Waals surface area contributed by atoms with Crippen molar-refractivity contribution in [3.8, 4) is 56.4 Å². The van der Waals surface area contributed by atoms with Gasteiger partial charge in [-0.3, -0.25) is 4.98 Å². The van der Waals surface area contributed by atoms with Crippen molar-refractivity contribution in [2.24, 2.45) is 0 Å². The van der Waals surface area contributed by atoms with Gasteiger partial charge in [0.05, 0.1) is 0 Å². The maximum atomic E-state index is 6.77. The van der Waals surface area contributed by atoms with Gasteiger partial charge in [-0.2, -0.15) is 0 Å². The van der Waals surface area contributed by atoms with Crippen molar-refractivity contribution in [1.29, 1.82) is 0 Å². The monoisotopic (exact) mass is 496 g/mol. The second kappa shape index (κ2) is 10.1. The molecule has 2 heterocycles. The summed E-state index contributed by atoms with van der Waals surface area (Å²) in [5.41, 5.74) is 6.73. The normalized spacial score (nSPS) is 10.8. The highest BCUT2D eigenvalue weighted by Gasteiger charge is 2.17. The van der Waals surface area contributed by atoms with Crippen molar-refractivity contribution in [1.82, 2.24) is 19.9 Å². The van der Waals surface area contributed by atoms with Gasteiger partial charge < -0.3 is 0 Å². The van der Waals surface area contributed by atoms with Crippen LogP contribution < -0.4 is 0 Å². The fourth-order valence-corrected chi connectivity index (χ4v) is 4.52. The molecule has 4 aromatic carbocycles. The van der Waals surface area contributed by atoms with Gasteiger partial charge in [0.1, 0.15) is 0 Å². The van der Waals surface area contributed by atoms with E-state index in [9.17, 15) is 0 Å². The van der Waals surface area contributed by atoms with Gasteiger partial charge in [0.25, 0.3) is 0 Å². The smallest absolute Gasteiger partial charge is 0.164 e. The molecule has 5 heteroatoms. The summed E-state index contributed by atoms with van der Waals surface area (Å²) in [5, 5.41) is 0.658. The molecule has 0 saturated carbocycles. The predicted molar refractivity (Wildman–Crippen MR) is 150 cm³/mol. The molecule has 0 aliphatic rings. The number of hydrogen-bond acceptors (Lipinski definition) is 4. The van der Waals surface area contributed by atoms with Crippen molar-refractivity contribution in [3.63, 3.8) is 0 Å². The van der Waals surface area contributed by atoms with E-state index in [0.29, 0.717) is 22.5 Å². The van der Waals surface area contributed by atoms with Crippen molar-refractivity contribution in [3.05, 3.63) is 133 Å². The number of halogens is 1. The Morgan fingerprint density at radius 3 is 1.57 bits per heavy atom. The first kappa shape index (κ1) is 22.8. The molecule has 0 aliphatic carbocycles. The van der Waals surface area contributed by atoms with Gasteiger partial charge in [0.15, 0.2) is 17.5 Å². The molecule has 37 heavy (non-hydrogen) atoms. The summed E-state index contributed by atoms with van der Waals surface area (Å²) in [6.45, 7) is 0. The second-order valence-corrected chi connectivity index (χ2v) is 8.92. The van der Waals surface area contributed by atoms with E-state index < -0.39 is 0 Å². The first-order valence-corrected chi connectivity index (χ1v) is 12.3. The van der Waals surface area contributed by atoms with Gasteiger partial charge >= 0.3 is 0 Å². The molecule has 0 aliphatic heterocycles. The molecule has 176 valence electrons. The lowest BCUT2D eigenvalue weighted by Gasteiger charge is -2.14. The Bertz CT molecular complexity index is 1610. The first-order valence-electron chi connectivity index (χ1n) is 11.9. The average molecular weight is 497 g/mol. The molecule has 0 atom stereocenters. The molecule has 4 nitrogen and oxygen atoms in total. The second-order valence-electron chi connectivity index (χ2n) is 8.51. The third-order valence-electron chi connectivity index (χ3n) is 6.14. The van der Waals surface area contributed by atoms with Crippen LogP contribution in [0.15, 0.2) is 128 Å². The van der Waals surface area contributed by atoms with Crippen LogP contribution in [0, 0.1) is 0 Å². The first-order chi connectivity index (χ1) is 18.3. The van der Waals surface area contributed by atoms with Gasteiger partial charge in [0, 0.05) is 39.7 Å². The van der Waals surface area contributed by atoms with E-state index in [4.69, 9.17) is 26.6 Å². The van der Waals surface area contributed by atoms with Gasteiger partial charge in [-0.1, -0.05) is 103 Å². The summed E-state index contributed by atoms with van der Waals surface area (Å²) in [6, 6.07) is 38.1. The highest BCUT2D eigenvalue weighted by atomic mass is 35.5. The largest absolute Gasteiger partial charge is 0.265 e. The van der Waals surface area contributed by atoms with E-state index in [-0.39, 0.29) is 0 Å². The molecule has 2 aromatic heterocycles. The summed E-state index contributed by atoms with van der Waals surface area (Å²) >= 11 is 6.77. The van der Waals surface area contributed by atoms with E-state index in [2.05, 4.69) is 17.1 Å². The minimum Gasteiger partial charge on any atom is -0.265 e. The van der Waals surface area contributed by atoms with Crippen LogP contribution in [0.25, 0.3) is 56.4 Å². The Hall–Kier alpha value is -4.67. The zero-order valence-electron chi connectivity index (χ0n) is 19.8. The minimum absolute atomic E-state index is 0.591. The minimum atomic E-state index is 0.591. The van der Waals surface area contributed by atoms with Crippen LogP contribution in [-0.4, -0.2) is 19.9 Å². The summed E-state index contributed by atoms with van der Waals surface area (Å²) in [7, 11) is 0. The zero-order valence-corrected chi connectivity index (χ0v) is 20.5. The van der Waals surface area contributed by atoms with E-state index in [1.807, 2.05) is 103 Å². The molecule has 6 rings (SSSR count). The maximum Gasteiger partial charge on any atom is 0.164 e. The molecule has 0 bridgehead atoms. The number of nitrogens with zero attached hydrogens (tertiary/aromatic N) is 4. The fraction of sp³-hybridized carbons (Fsp3) is 0. The Labute approximate surface area is 220 Å². The van der Waals surface area contributed by atoms with Crippen LogP contribution in [0.1, 0.15) is 0 Å². The van der Waals surface area contributed by atoms with Crippen LogP contribution >= 0.6 is 11.6 Å². The van der Waals surface area contributed by atoms with Crippen molar-refractivity contribution in [2.45, 2.75) is 0 Å². The van der Waals surface area contributed by atoms with E-state index >= 15 is 0 Å². The van der Waals surface area contributed by atoms with Crippen LogP contribution in [0.2, 0.25) is 5.02 Å². The highest BCUT2D eigenvalue weighted by Crippen LogP contribution is 2.38. The standard InChI is InChI=1S/C32H21ClN4/c33-29-16-15-25(22-17-19-34-20-18-22)21-28(29)26-13-7-8-14-27(26)32-36-30(23-9-3-1-4-10-23)35-31(37-32)24-11-5-2-6-12-24/h1-21H. The summed E-state index contributed by atoms with van der Waals surface area (Å²) < 4.78 is 0. The van der Waals surface area contributed by atoms with Gasteiger partial charge in [-0.15, -0.1) is 0 Å². The van der Waals surface area contributed by atoms with Crippen molar-refractivity contribution in [2.75, 3.05) is 0 Å². The lowest BCUT2D eigenvalue weighted by Crippen LogP contribution is -2.01. The van der Waals surface area contributed by atoms with E-state index in [1.165, 1.54) is 0 Å². The lowest BCUT2D eigenvalue weighted by atomic mass is 9.95. The zero-order chi connectivity index (χ0) is 25.0. The molecule has 0 saturated heterocycles. The fourth-order valence-electron chi connectivity index (χ4n) is 4.30. The Morgan fingerprint density at radius 2 is 0.946 bits per heavy atom. The third-order valence-corrected chi connectivity index (χ3v) is 6.47. The molecule has 0 N–H and O–H groups in total. The van der Waals surface area contributed by atoms with Gasteiger partial charge in [-0.25, -0.2) is 15.0 Å². The Morgan fingerprint density at radius 1 is 0.405 bits per heavy atom. The molecule has 0 amide bonds. The van der Waals surface area contributed by atoms with E-state index in [0.717, 1.165) is 38.9 Å². The Balaban J connectivity index is 1.55. The lowest BCUT2D eigenvalue weighted by molar-refractivity contribution is 1.07. The van der Waals surface area contributed by atoms with E-state index in [1.54, 1.807) is 12.4 Å². The number of aromatic nitrogens is 4. The number of pyridine rings is 1. The molecule has 0 spiro atoms. The number of benzene rings is 4. The maximum absolute atomic E-state index is 6.77. The predicted octanol–water partition coefficient (Wildman–Crippen LogP) is 8.26. The topological polar surface area (TPSA) is 51.6 Å². The SMILES string of the molecule is Clc1ccc(-c2ccncc2)cc1-c1ccccc1-c1nc(-c2ccccc2)nc(-c2ccccc2)n1. The van der Waals surface area contributed by atoms with Gasteiger partial charge in [-0.05, 0) is 41.0 Å². The summed E-state index contributed by atoms with van der Waals surface area (Å²) in [5.74, 6) is 1.83. The number of rotatable bonds is 5. The molecular weight excluding hydrogens is 476 g/mol. The van der Waals surface area contributed by atoms with Gasteiger partial charge in [0.2, 0.25) is 0 Å². The molecular formula is C32H21ClN4. The van der Waals surface area contributed by atoms with Crippen molar-refractivity contribution >= 4 is 11.6 Å². The summed E-state index contributed by atoms with van der Waals surface area (Å²) in [6.07, 6.45) is 3.58. The molecule has 0 radical (unpaired) electrons. The van der Waals surface area contributed by atoms with Crippen LogP contribution in [0.4, 0.5) is 0 Å². The quantitative estimate of drug-likeness (QED) is 0.241. The average Bonchev–Trinajstić information content (AvgIpc) is 2.98. The van der Waals surface area contributed by atoms with Crippen LogP contribution in [0.3, 0.4) is 0 Å². The molecule has 0 fully saturated rings. The Kier molecular flexibility index (Phi) is 6.24. The molecule has 0 unspecified atom stereocenters. The highest BCUT2D eigenvalue weighted by molar-refractivity contribution is 6.33. The van der Waals surface area contributed by atoms with Crippen LogP contribution in [0.5, 0.6) is 0 Å². The number of hydrogen-bond donors (Lipinski definition) is 0. The van der Waals surface area contributed by atoms with Crippen molar-refractivity contribution < 1.29 is 0 Å². The van der Waals surface area contributed by atoms with Crippen LogP contribution in [-0.2, 0) is 0 Å².